The van der Waals surface area contributed by atoms with Gasteiger partial charge in [-0.2, -0.15) is 5.26 Å². The number of non-ortho nitro benzene ring substituents is 1. The van der Waals surface area contributed by atoms with Gasteiger partial charge in [0.25, 0.3) is 11.6 Å². The van der Waals surface area contributed by atoms with Crippen molar-refractivity contribution in [1.82, 2.24) is 15.1 Å². The van der Waals surface area contributed by atoms with Crippen LogP contribution in [0.1, 0.15) is 54.0 Å². The summed E-state index contributed by atoms with van der Waals surface area (Å²) in [5.41, 5.74) is 1.51. The number of amidine groups is 1. The number of anilines is 1. The summed E-state index contributed by atoms with van der Waals surface area (Å²) in [6, 6.07) is 11.2. The molecule has 1 aliphatic rings. The quantitative estimate of drug-likeness (QED) is 0.0802. The molecule has 2 aromatic rings. The number of amides is 1. The number of nitrogens with one attached hydrogen (secondary N) is 2. The number of piperazine rings is 1. The van der Waals surface area contributed by atoms with Crippen molar-refractivity contribution in [3.05, 3.63) is 88.3 Å². The predicted octanol–water partition coefficient (Wildman–Crippen LogP) is 7.51. The molecule has 0 aliphatic carbocycles. The van der Waals surface area contributed by atoms with Gasteiger partial charge in [0.15, 0.2) is 12.0 Å². The van der Waals surface area contributed by atoms with Gasteiger partial charge in [0.05, 0.1) is 10.6 Å². The molecule has 1 aliphatic heterocycles. The molecule has 0 saturated carbocycles. The first-order chi connectivity index (χ1) is 21.5. The molecule has 0 spiro atoms. The Morgan fingerprint density at radius 1 is 1.11 bits per heavy atom. The van der Waals surface area contributed by atoms with Crippen LogP contribution in [0.2, 0.25) is 0 Å². The normalized spacial score (nSPS) is 13.0. The first-order valence-corrected chi connectivity index (χ1v) is 14.7. The second kappa shape index (κ2) is 21.8. The van der Waals surface area contributed by atoms with Gasteiger partial charge < -0.3 is 20.3 Å². The maximum Gasteiger partial charge on any atom is 0.428 e. The van der Waals surface area contributed by atoms with Crippen molar-refractivity contribution in [2.24, 2.45) is 4.99 Å². The minimum atomic E-state index is -2.83. The summed E-state index contributed by atoms with van der Waals surface area (Å²) in [7, 11) is 1.24. The zero-order valence-corrected chi connectivity index (χ0v) is 27.3. The molecule has 2 N–H and O–H groups in total. The zero-order valence-electron chi connectivity index (χ0n) is 27.3. The van der Waals surface area contributed by atoms with Crippen LogP contribution < -0.4 is 15.4 Å². The molecule has 0 atom stereocenters. The Hall–Kier alpha value is -4.83. The van der Waals surface area contributed by atoms with E-state index in [2.05, 4.69) is 20.5 Å². The molecule has 0 bridgehead atoms. The molecule has 2 aromatic carbocycles. The molecular weight excluding hydrogens is 584 g/mol. The SMILES string of the molecule is CC.CC.CC=C(Nc1ccc(C(C)(F)F)cc1)C(=N/C=C\C)N1CCNCC1.CN(C#N)C(=O)Oc1ccc([N+](=O)[O-])cc1. The number of alkyl halides is 2. The molecule has 1 saturated heterocycles. The molecule has 13 heteroatoms. The van der Waals surface area contributed by atoms with Gasteiger partial charge in [-0.05, 0) is 38.1 Å². The number of allylic oxidation sites excluding steroid dienone is 2. The molecule has 1 fully saturated rings. The van der Waals surface area contributed by atoms with E-state index in [4.69, 9.17) is 10.00 Å². The van der Waals surface area contributed by atoms with Crippen LogP contribution in [-0.2, 0) is 5.92 Å². The maximum absolute atomic E-state index is 13.4. The van der Waals surface area contributed by atoms with Crippen LogP contribution in [0.5, 0.6) is 5.75 Å². The number of nitrogens with zero attached hydrogens (tertiary/aromatic N) is 5. The van der Waals surface area contributed by atoms with Crippen molar-refractivity contribution in [3.63, 3.8) is 0 Å². The van der Waals surface area contributed by atoms with Crippen LogP contribution in [0.15, 0.2) is 77.6 Å². The fraction of sp³-hybridized carbons (Fsp3) is 0.406. The standard InChI is InChI=1S/C19H26F2N4.C9H7N3O4.2C2H6/c1-4-10-23-18(25-13-11-22-12-14-25)17(5-2)24-16-8-6-15(7-9-16)19(3,20)21;1-11(6-10)9(13)16-8-4-2-7(3-5-8)12(14)15;2*1-2/h4-10,22,24H,11-14H2,1-3H3;2-5H,1H3;2*1-2H3/b10-4-,17-5?,23-18?;;;. The van der Waals surface area contributed by atoms with E-state index in [-0.39, 0.29) is 17.0 Å². The van der Waals surface area contributed by atoms with Gasteiger partial charge in [-0.15, -0.1) is 0 Å². The van der Waals surface area contributed by atoms with Crippen molar-refractivity contribution in [3.8, 4) is 11.9 Å². The Balaban J connectivity index is 0.000000835. The van der Waals surface area contributed by atoms with Gasteiger partial charge in [0.2, 0.25) is 0 Å². The third kappa shape index (κ3) is 14.5. The minimum absolute atomic E-state index is 0.00462. The average Bonchev–Trinajstić information content (AvgIpc) is 3.06. The monoisotopic (exact) mass is 629 g/mol. The molecule has 246 valence electrons. The van der Waals surface area contributed by atoms with Crippen molar-refractivity contribution in [2.45, 2.75) is 54.4 Å². The minimum Gasteiger partial charge on any atom is -0.409 e. The smallest absolute Gasteiger partial charge is 0.409 e. The second-order valence-electron chi connectivity index (χ2n) is 8.74. The summed E-state index contributed by atoms with van der Waals surface area (Å²) in [6.07, 6.45) is 6.32. The molecule has 0 unspecified atom stereocenters. The number of nitro benzene ring substituents is 1. The lowest BCUT2D eigenvalue weighted by molar-refractivity contribution is -0.384. The number of nitro groups is 1. The molecule has 0 aromatic heterocycles. The number of hydrogen-bond donors (Lipinski definition) is 2. The number of aliphatic imine (C=N–C) groups is 1. The molecular formula is C32H45F2N7O4. The van der Waals surface area contributed by atoms with Crippen molar-refractivity contribution in [2.75, 3.05) is 38.5 Å². The first kappa shape index (κ1) is 40.2. The second-order valence-corrected chi connectivity index (χ2v) is 8.74. The Kier molecular flexibility index (Phi) is 19.5. The highest BCUT2D eigenvalue weighted by Crippen LogP contribution is 2.28. The number of nitriles is 1. The van der Waals surface area contributed by atoms with Gasteiger partial charge in [0.1, 0.15) is 5.75 Å². The number of carbonyl (C=O) groups excluding carboxylic acids is 1. The predicted molar refractivity (Wildman–Crippen MR) is 175 cm³/mol. The van der Waals surface area contributed by atoms with Crippen LogP contribution in [-0.4, -0.2) is 59.9 Å². The fourth-order valence-electron chi connectivity index (χ4n) is 3.45. The van der Waals surface area contributed by atoms with Crippen molar-refractivity contribution in [1.29, 1.82) is 5.26 Å². The highest BCUT2D eigenvalue weighted by atomic mass is 19.3. The number of halogens is 2. The van der Waals surface area contributed by atoms with E-state index in [1.165, 1.54) is 43.4 Å². The van der Waals surface area contributed by atoms with E-state index in [0.717, 1.165) is 50.3 Å². The lowest BCUT2D eigenvalue weighted by Crippen LogP contribution is -2.47. The molecule has 45 heavy (non-hydrogen) atoms. The number of hydrogen-bond acceptors (Lipinski definition) is 8. The van der Waals surface area contributed by atoms with E-state index in [9.17, 15) is 23.7 Å². The van der Waals surface area contributed by atoms with Crippen LogP contribution in [0, 0.1) is 21.6 Å². The van der Waals surface area contributed by atoms with Gasteiger partial charge in [0, 0.05) is 69.7 Å². The van der Waals surface area contributed by atoms with Crippen LogP contribution in [0.3, 0.4) is 0 Å². The summed E-state index contributed by atoms with van der Waals surface area (Å²) in [6.45, 7) is 16.3. The summed E-state index contributed by atoms with van der Waals surface area (Å²) >= 11 is 0. The molecule has 3 rings (SSSR count). The third-order valence-electron chi connectivity index (χ3n) is 5.64. The Morgan fingerprint density at radius 3 is 2.11 bits per heavy atom. The van der Waals surface area contributed by atoms with Crippen LogP contribution in [0.25, 0.3) is 0 Å². The molecule has 11 nitrogen and oxygen atoms in total. The van der Waals surface area contributed by atoms with E-state index >= 15 is 0 Å². The van der Waals surface area contributed by atoms with E-state index in [1.54, 1.807) is 24.5 Å². The highest BCUT2D eigenvalue weighted by molar-refractivity contribution is 6.01. The summed E-state index contributed by atoms with van der Waals surface area (Å²) in [5.74, 6) is -1.84. The van der Waals surface area contributed by atoms with Crippen LogP contribution in [0.4, 0.5) is 25.0 Å². The fourth-order valence-corrected chi connectivity index (χ4v) is 3.45. The Bertz CT molecular complexity index is 1290. The van der Waals surface area contributed by atoms with Gasteiger partial charge >= 0.3 is 6.09 Å². The average molecular weight is 630 g/mol. The number of benzene rings is 2. The topological polar surface area (TPSA) is 136 Å². The lowest BCUT2D eigenvalue weighted by Gasteiger charge is -2.31. The Labute approximate surface area is 265 Å². The van der Waals surface area contributed by atoms with Crippen molar-refractivity contribution >= 4 is 23.3 Å². The molecule has 0 radical (unpaired) electrons. The summed E-state index contributed by atoms with van der Waals surface area (Å²) in [5, 5.41) is 25.4. The van der Waals surface area contributed by atoms with Gasteiger partial charge in [-0.3, -0.25) is 10.1 Å². The van der Waals surface area contributed by atoms with Gasteiger partial charge in [-0.1, -0.05) is 52.0 Å². The largest absolute Gasteiger partial charge is 0.428 e. The molecule has 1 heterocycles. The van der Waals surface area contributed by atoms with Crippen molar-refractivity contribution < 1.29 is 23.2 Å². The van der Waals surface area contributed by atoms with Gasteiger partial charge in [-0.25, -0.2) is 23.5 Å². The zero-order chi connectivity index (χ0) is 34.4. The van der Waals surface area contributed by atoms with E-state index < -0.39 is 16.9 Å². The Morgan fingerprint density at radius 2 is 1.67 bits per heavy atom. The van der Waals surface area contributed by atoms with Crippen LogP contribution >= 0.6 is 0 Å². The third-order valence-corrected chi connectivity index (χ3v) is 5.64. The maximum atomic E-state index is 13.4. The van der Waals surface area contributed by atoms with E-state index in [0.29, 0.717) is 4.90 Å². The first-order valence-electron chi connectivity index (χ1n) is 14.7. The van der Waals surface area contributed by atoms with E-state index in [1.807, 2.05) is 53.7 Å². The highest BCUT2D eigenvalue weighted by Gasteiger charge is 2.24. The number of carbonyl (C=O) groups is 1. The summed E-state index contributed by atoms with van der Waals surface area (Å²) in [4.78, 5) is 28.4. The molecule has 1 amide bonds. The number of rotatable bonds is 7. The summed E-state index contributed by atoms with van der Waals surface area (Å²) < 4.78 is 31.5. The number of ether oxygens (including phenoxy) is 1. The lowest BCUT2D eigenvalue weighted by atomic mass is 10.1.